The van der Waals surface area contributed by atoms with E-state index in [2.05, 4.69) is 21.9 Å². The number of thiophene rings is 1. The topological polar surface area (TPSA) is 51.2 Å². The normalized spacial score (nSPS) is 20.9. The van der Waals surface area contributed by atoms with Crippen molar-refractivity contribution in [3.63, 3.8) is 0 Å². The molecule has 2 aliphatic heterocycles. The zero-order chi connectivity index (χ0) is 30.6. The van der Waals surface area contributed by atoms with Crippen LogP contribution in [0.4, 0.5) is 0 Å². The second kappa shape index (κ2) is 13.9. The number of hydrogen-bond donors (Lipinski definition) is 0. The molecule has 3 heterocycles. The van der Waals surface area contributed by atoms with E-state index in [1.807, 2.05) is 54.6 Å². The van der Waals surface area contributed by atoms with E-state index in [1.54, 1.807) is 18.4 Å². The number of ketones is 1. The number of rotatable bonds is 11. The molecule has 3 aromatic carbocycles. The highest BCUT2D eigenvalue weighted by Gasteiger charge is 2.34. The Morgan fingerprint density at radius 2 is 1.51 bits per heavy atom. The summed E-state index contributed by atoms with van der Waals surface area (Å²) in [7, 11) is 1.67. The van der Waals surface area contributed by atoms with Crippen LogP contribution in [-0.2, 0) is 0 Å². The van der Waals surface area contributed by atoms with E-state index in [1.165, 1.54) is 71.1 Å². The molecule has 0 amide bonds. The van der Waals surface area contributed by atoms with Gasteiger partial charge in [0.25, 0.3) is 0 Å². The summed E-state index contributed by atoms with van der Waals surface area (Å²) in [6, 6.07) is 22.5. The average molecular weight is 625 g/mol. The minimum absolute atomic E-state index is 0.0194. The molecule has 0 radical (unpaired) electrons. The highest BCUT2D eigenvalue weighted by molar-refractivity contribution is 7.22. The summed E-state index contributed by atoms with van der Waals surface area (Å²) < 4.78 is 19.1. The molecule has 2 saturated heterocycles. The Morgan fingerprint density at radius 3 is 2.27 bits per heavy atom. The van der Waals surface area contributed by atoms with Crippen molar-refractivity contribution in [3.8, 4) is 27.7 Å². The van der Waals surface area contributed by atoms with Gasteiger partial charge in [-0.05, 0) is 143 Å². The fourth-order valence-corrected chi connectivity index (χ4v) is 8.58. The number of methoxy groups -OCH3 is 1. The number of nitrogens with zero attached hydrogens (tertiary/aromatic N) is 2. The molecule has 236 valence electrons. The lowest BCUT2D eigenvalue weighted by atomic mass is 9.97. The van der Waals surface area contributed by atoms with Crippen LogP contribution in [0.25, 0.3) is 20.5 Å². The van der Waals surface area contributed by atoms with Crippen LogP contribution in [0.15, 0.2) is 66.7 Å². The van der Waals surface area contributed by atoms with Crippen molar-refractivity contribution in [3.05, 3.63) is 77.9 Å². The van der Waals surface area contributed by atoms with Crippen molar-refractivity contribution < 1.29 is 19.0 Å². The van der Waals surface area contributed by atoms with Crippen molar-refractivity contribution >= 4 is 27.2 Å². The first kappa shape index (κ1) is 30.3. The van der Waals surface area contributed by atoms with Gasteiger partial charge in [-0.2, -0.15) is 0 Å². The molecular formula is C38H44N2O4S. The lowest BCUT2D eigenvalue weighted by Gasteiger charge is -2.35. The van der Waals surface area contributed by atoms with E-state index in [0.717, 1.165) is 56.3 Å². The van der Waals surface area contributed by atoms with E-state index < -0.39 is 0 Å². The molecule has 2 unspecified atom stereocenters. The van der Waals surface area contributed by atoms with Crippen LogP contribution in [-0.4, -0.2) is 74.2 Å². The van der Waals surface area contributed by atoms with E-state index in [4.69, 9.17) is 14.2 Å². The van der Waals surface area contributed by atoms with Crippen molar-refractivity contribution in [2.24, 2.45) is 0 Å². The van der Waals surface area contributed by atoms with Crippen LogP contribution >= 0.6 is 11.3 Å². The molecule has 1 aliphatic carbocycles. The summed E-state index contributed by atoms with van der Waals surface area (Å²) in [6.07, 6.45) is 10.3. The first-order valence-electron chi connectivity index (χ1n) is 16.8. The van der Waals surface area contributed by atoms with E-state index in [0.29, 0.717) is 18.2 Å². The Morgan fingerprint density at radius 1 is 0.800 bits per heavy atom. The molecule has 3 fully saturated rings. The second-order valence-electron chi connectivity index (χ2n) is 12.7. The van der Waals surface area contributed by atoms with E-state index in [9.17, 15) is 4.79 Å². The minimum Gasteiger partial charge on any atom is -0.497 e. The Balaban J connectivity index is 1.10. The number of fused-ring (bicyclic) bond motifs is 1. The lowest BCUT2D eigenvalue weighted by molar-refractivity contribution is 0.0739. The van der Waals surface area contributed by atoms with E-state index >= 15 is 0 Å². The third kappa shape index (κ3) is 6.76. The number of ether oxygens (including phenoxy) is 3. The molecule has 2 atom stereocenters. The number of carbonyl (C=O) groups is 1. The minimum atomic E-state index is 0.0194. The van der Waals surface area contributed by atoms with Gasteiger partial charge < -0.3 is 14.2 Å². The zero-order valence-corrected chi connectivity index (χ0v) is 27.2. The maximum Gasteiger partial charge on any atom is 0.195 e. The molecule has 7 heteroatoms. The molecule has 3 aliphatic rings. The average Bonchev–Trinajstić information content (AvgIpc) is 3.86. The third-order valence-corrected chi connectivity index (χ3v) is 11.0. The molecule has 4 aromatic rings. The standard InChI is InChI=1S/C38H44N2O4S/c1-42-31-18-19-32-35(26-31)45-38(28-12-14-29(15-13-28)43-25-24-39-20-5-6-21-39)36(32)37(41)27-10-16-30(17-11-27)44-34-9-7-8-33(34)40-22-3-2-4-23-40/h10-19,26,33-34H,2-9,20-25H2,1H3. The number of benzene rings is 3. The van der Waals surface area contributed by atoms with Crippen LogP contribution in [0, 0.1) is 0 Å². The molecule has 45 heavy (non-hydrogen) atoms. The van der Waals surface area contributed by atoms with Crippen molar-refractivity contribution in [1.82, 2.24) is 9.80 Å². The Hall–Kier alpha value is -3.39. The third-order valence-electron chi connectivity index (χ3n) is 9.80. The van der Waals surface area contributed by atoms with Gasteiger partial charge in [-0.1, -0.05) is 6.42 Å². The van der Waals surface area contributed by atoms with Crippen molar-refractivity contribution in [1.29, 1.82) is 0 Å². The van der Waals surface area contributed by atoms with Gasteiger partial charge >= 0.3 is 0 Å². The quantitative estimate of drug-likeness (QED) is 0.157. The predicted octanol–water partition coefficient (Wildman–Crippen LogP) is 8.07. The first-order chi connectivity index (χ1) is 22.2. The van der Waals surface area contributed by atoms with Gasteiger partial charge in [-0.25, -0.2) is 0 Å². The Kier molecular flexibility index (Phi) is 9.38. The summed E-state index contributed by atoms with van der Waals surface area (Å²) in [5, 5.41) is 0.947. The summed E-state index contributed by atoms with van der Waals surface area (Å²) in [5.74, 6) is 2.51. The summed E-state index contributed by atoms with van der Waals surface area (Å²) in [6.45, 7) is 6.37. The van der Waals surface area contributed by atoms with Crippen LogP contribution in [0.5, 0.6) is 17.2 Å². The monoisotopic (exact) mass is 624 g/mol. The number of piperidine rings is 1. The number of likely N-dealkylation sites (tertiary alicyclic amines) is 2. The first-order valence-corrected chi connectivity index (χ1v) is 17.6. The van der Waals surface area contributed by atoms with Crippen molar-refractivity contribution in [2.45, 2.75) is 63.5 Å². The van der Waals surface area contributed by atoms with Gasteiger partial charge in [0.1, 0.15) is 30.0 Å². The van der Waals surface area contributed by atoms with Crippen LogP contribution < -0.4 is 14.2 Å². The van der Waals surface area contributed by atoms with Crippen LogP contribution in [0.3, 0.4) is 0 Å². The van der Waals surface area contributed by atoms with Gasteiger partial charge in [0, 0.05) is 38.7 Å². The lowest BCUT2D eigenvalue weighted by Crippen LogP contribution is -2.45. The molecule has 1 saturated carbocycles. The summed E-state index contributed by atoms with van der Waals surface area (Å²) in [4.78, 5) is 20.3. The second-order valence-corrected chi connectivity index (χ2v) is 13.7. The maximum atomic E-state index is 14.2. The van der Waals surface area contributed by atoms with Gasteiger partial charge in [-0.3, -0.25) is 14.6 Å². The molecule has 6 nitrogen and oxygen atoms in total. The predicted molar refractivity (Wildman–Crippen MR) is 182 cm³/mol. The Labute approximate surface area is 270 Å². The number of hydrogen-bond acceptors (Lipinski definition) is 7. The smallest absolute Gasteiger partial charge is 0.195 e. The Bertz CT molecular complexity index is 1590. The molecule has 7 rings (SSSR count). The molecule has 0 spiro atoms. The fourth-order valence-electron chi connectivity index (χ4n) is 7.35. The van der Waals surface area contributed by atoms with Gasteiger partial charge in [0.05, 0.1) is 7.11 Å². The number of carbonyl (C=O) groups excluding carboxylic acids is 1. The van der Waals surface area contributed by atoms with Crippen molar-refractivity contribution in [2.75, 3.05) is 46.4 Å². The fraction of sp³-hybridized carbons (Fsp3) is 0.447. The van der Waals surface area contributed by atoms with Gasteiger partial charge in [0.2, 0.25) is 0 Å². The highest BCUT2D eigenvalue weighted by atomic mass is 32.1. The summed E-state index contributed by atoms with van der Waals surface area (Å²) in [5.41, 5.74) is 2.41. The van der Waals surface area contributed by atoms with Gasteiger partial charge in [-0.15, -0.1) is 11.3 Å². The molecule has 0 bridgehead atoms. The molecule has 0 N–H and O–H groups in total. The SMILES string of the molecule is COc1ccc2c(C(=O)c3ccc(OC4CCCC4N4CCCCC4)cc3)c(-c3ccc(OCCN4CCCC4)cc3)sc2c1. The molecule has 1 aromatic heterocycles. The largest absolute Gasteiger partial charge is 0.497 e. The van der Waals surface area contributed by atoms with E-state index in [-0.39, 0.29) is 11.9 Å². The summed E-state index contributed by atoms with van der Waals surface area (Å²) >= 11 is 1.63. The molecular weight excluding hydrogens is 580 g/mol. The highest BCUT2D eigenvalue weighted by Crippen LogP contribution is 2.42. The maximum absolute atomic E-state index is 14.2. The zero-order valence-electron chi connectivity index (χ0n) is 26.3. The van der Waals surface area contributed by atoms with Crippen LogP contribution in [0.2, 0.25) is 0 Å². The van der Waals surface area contributed by atoms with Crippen LogP contribution in [0.1, 0.15) is 67.3 Å². The van der Waals surface area contributed by atoms with Gasteiger partial charge in [0.15, 0.2) is 5.78 Å².